The Hall–Kier alpha value is -2.89. The van der Waals surface area contributed by atoms with Gasteiger partial charge < -0.3 is 9.84 Å². The van der Waals surface area contributed by atoms with Crippen LogP contribution in [-0.2, 0) is 0 Å². The molecular formula is C16H13N3O3. The number of aromatic carboxylic acids is 1. The summed E-state index contributed by atoms with van der Waals surface area (Å²) in [5.41, 5.74) is 1.69. The summed E-state index contributed by atoms with van der Waals surface area (Å²) in [7, 11) is 0. The van der Waals surface area contributed by atoms with Gasteiger partial charge in [-0.15, -0.1) is 0 Å². The molecule has 22 heavy (non-hydrogen) atoms. The van der Waals surface area contributed by atoms with Crippen LogP contribution in [-0.4, -0.2) is 25.9 Å². The number of rotatable bonds is 4. The number of carbonyl (C=O) groups is 1. The van der Waals surface area contributed by atoms with Gasteiger partial charge in [0.2, 0.25) is 0 Å². The van der Waals surface area contributed by atoms with Crippen LogP contribution in [0.5, 0.6) is 11.5 Å². The lowest BCUT2D eigenvalue weighted by Crippen LogP contribution is -2.06. The van der Waals surface area contributed by atoms with Crippen molar-refractivity contribution >= 4 is 11.5 Å². The Labute approximate surface area is 126 Å². The summed E-state index contributed by atoms with van der Waals surface area (Å²) in [6.07, 6.45) is 5.29. The zero-order chi connectivity index (χ0) is 15.1. The van der Waals surface area contributed by atoms with Crippen molar-refractivity contribution in [3.63, 3.8) is 0 Å². The van der Waals surface area contributed by atoms with E-state index in [0.717, 1.165) is 0 Å². The van der Waals surface area contributed by atoms with Gasteiger partial charge in [0.1, 0.15) is 16.8 Å². The molecule has 2 heterocycles. The molecule has 1 fully saturated rings. The quantitative estimate of drug-likeness (QED) is 0.800. The van der Waals surface area contributed by atoms with Crippen LogP contribution in [0.4, 0.5) is 0 Å². The molecule has 1 aliphatic rings. The predicted molar refractivity (Wildman–Crippen MR) is 78.4 cm³/mol. The van der Waals surface area contributed by atoms with Gasteiger partial charge in [0, 0.05) is 0 Å². The highest BCUT2D eigenvalue weighted by Crippen LogP contribution is 2.41. The predicted octanol–water partition coefficient (Wildman–Crippen LogP) is 3.10. The van der Waals surface area contributed by atoms with Crippen molar-refractivity contribution in [3.8, 4) is 11.5 Å². The number of nitrogens with zero attached hydrogens (tertiary/aromatic N) is 3. The van der Waals surface area contributed by atoms with Crippen molar-refractivity contribution in [1.82, 2.24) is 14.8 Å². The molecule has 1 saturated carbocycles. The molecule has 3 aromatic rings. The number of carboxylic acids is 1. The lowest BCUT2D eigenvalue weighted by atomic mass is 10.1. The average molecular weight is 295 g/mol. The van der Waals surface area contributed by atoms with E-state index in [2.05, 4.69) is 16.3 Å². The lowest BCUT2D eigenvalue weighted by molar-refractivity contribution is 0.0695. The second-order valence-corrected chi connectivity index (χ2v) is 5.34. The van der Waals surface area contributed by atoms with Gasteiger partial charge in [0.05, 0.1) is 12.4 Å². The third-order valence-corrected chi connectivity index (χ3v) is 3.76. The van der Waals surface area contributed by atoms with E-state index in [4.69, 9.17) is 4.74 Å². The normalized spacial score (nSPS) is 14.2. The molecule has 6 nitrogen and oxygen atoms in total. The summed E-state index contributed by atoms with van der Waals surface area (Å²) in [4.78, 5) is 11.6. The van der Waals surface area contributed by atoms with Crippen LogP contribution >= 0.6 is 0 Å². The molecule has 0 aliphatic heterocycles. The molecule has 0 radical (unpaired) electrons. The maximum Gasteiger partial charge on any atom is 0.341 e. The van der Waals surface area contributed by atoms with Crippen LogP contribution in [0.25, 0.3) is 5.52 Å². The maximum absolute atomic E-state index is 11.6. The number of ether oxygens (including phenoxy) is 1. The average Bonchev–Trinajstić information content (AvgIpc) is 3.25. The molecule has 0 saturated heterocycles. The smallest absolute Gasteiger partial charge is 0.341 e. The van der Waals surface area contributed by atoms with Gasteiger partial charge in [-0.2, -0.15) is 14.8 Å². The number of aromatic nitrogens is 3. The van der Waals surface area contributed by atoms with E-state index in [1.165, 1.54) is 35.4 Å². The summed E-state index contributed by atoms with van der Waals surface area (Å²) in [5, 5.41) is 17.5. The topological polar surface area (TPSA) is 76.7 Å². The molecule has 0 spiro atoms. The van der Waals surface area contributed by atoms with Crippen LogP contribution in [0.15, 0.2) is 42.7 Å². The Morgan fingerprint density at radius 1 is 1.27 bits per heavy atom. The highest BCUT2D eigenvalue weighted by Gasteiger charge is 2.24. The fraction of sp³-hybridized carbons (Fsp3) is 0.188. The Bertz CT molecular complexity index is 868. The highest BCUT2D eigenvalue weighted by molar-refractivity contribution is 5.98. The minimum Gasteiger partial charge on any atom is -0.477 e. The minimum atomic E-state index is -1.07. The molecule has 0 unspecified atom stereocenters. The van der Waals surface area contributed by atoms with Crippen molar-refractivity contribution < 1.29 is 14.6 Å². The second-order valence-electron chi connectivity index (χ2n) is 5.34. The molecule has 4 rings (SSSR count). The Morgan fingerprint density at radius 3 is 2.91 bits per heavy atom. The fourth-order valence-electron chi connectivity index (χ4n) is 2.54. The summed E-state index contributed by atoms with van der Waals surface area (Å²) in [5.74, 6) is 0.380. The molecule has 110 valence electrons. The number of fused-ring (bicyclic) bond motifs is 1. The summed E-state index contributed by atoms with van der Waals surface area (Å²) in [6.45, 7) is 0. The molecule has 1 N–H and O–H groups in total. The zero-order valence-electron chi connectivity index (χ0n) is 11.6. The first-order valence-electron chi connectivity index (χ1n) is 7.06. The van der Waals surface area contributed by atoms with Crippen LogP contribution in [0.2, 0.25) is 0 Å². The first-order chi connectivity index (χ1) is 10.7. The van der Waals surface area contributed by atoms with Crippen molar-refractivity contribution in [2.75, 3.05) is 0 Å². The number of hydrogen-bond acceptors (Lipinski definition) is 4. The Balaban J connectivity index is 1.76. The molecule has 0 atom stereocenters. The van der Waals surface area contributed by atoms with Crippen LogP contribution in [0.1, 0.15) is 34.7 Å². The van der Waals surface area contributed by atoms with Gasteiger partial charge >= 0.3 is 5.97 Å². The molecule has 6 heteroatoms. The van der Waals surface area contributed by atoms with E-state index in [-0.39, 0.29) is 11.3 Å². The standard InChI is InChI=1S/C16H13N3O3/c20-16(21)15-13-6-7-17-19(13)18-9-14(15)22-12-3-1-2-11(8-12)10-4-5-10/h1-3,6-10H,4-5H2,(H,20,21). The third-order valence-electron chi connectivity index (χ3n) is 3.76. The van der Waals surface area contributed by atoms with Gasteiger partial charge in [-0.1, -0.05) is 12.1 Å². The Morgan fingerprint density at radius 2 is 2.14 bits per heavy atom. The molecule has 0 amide bonds. The van der Waals surface area contributed by atoms with Crippen molar-refractivity contribution in [2.24, 2.45) is 0 Å². The van der Waals surface area contributed by atoms with Crippen LogP contribution < -0.4 is 4.74 Å². The van der Waals surface area contributed by atoms with E-state index in [9.17, 15) is 9.90 Å². The minimum absolute atomic E-state index is 0.0596. The van der Waals surface area contributed by atoms with E-state index in [1.807, 2.05) is 18.2 Å². The van der Waals surface area contributed by atoms with E-state index in [0.29, 0.717) is 17.2 Å². The largest absolute Gasteiger partial charge is 0.477 e. The van der Waals surface area contributed by atoms with Gasteiger partial charge in [0.15, 0.2) is 5.75 Å². The van der Waals surface area contributed by atoms with Crippen molar-refractivity contribution in [2.45, 2.75) is 18.8 Å². The molecular weight excluding hydrogens is 282 g/mol. The lowest BCUT2D eigenvalue weighted by Gasteiger charge is -2.10. The van der Waals surface area contributed by atoms with Crippen LogP contribution in [0, 0.1) is 0 Å². The molecule has 2 aromatic heterocycles. The summed E-state index contributed by atoms with van der Waals surface area (Å²) >= 11 is 0. The van der Waals surface area contributed by atoms with Gasteiger partial charge in [-0.05, 0) is 42.5 Å². The fourth-order valence-corrected chi connectivity index (χ4v) is 2.54. The monoisotopic (exact) mass is 295 g/mol. The van der Waals surface area contributed by atoms with E-state index >= 15 is 0 Å². The zero-order valence-corrected chi connectivity index (χ0v) is 11.6. The first-order valence-corrected chi connectivity index (χ1v) is 7.06. The summed E-state index contributed by atoms with van der Waals surface area (Å²) < 4.78 is 7.06. The van der Waals surface area contributed by atoms with Gasteiger partial charge in [-0.3, -0.25) is 0 Å². The summed E-state index contributed by atoms with van der Waals surface area (Å²) in [6, 6.07) is 9.38. The third kappa shape index (κ3) is 2.18. The number of benzene rings is 1. The Kier molecular flexibility index (Phi) is 2.82. The van der Waals surface area contributed by atoms with Gasteiger partial charge in [-0.25, -0.2) is 4.79 Å². The molecule has 0 bridgehead atoms. The molecule has 1 aromatic carbocycles. The van der Waals surface area contributed by atoms with E-state index < -0.39 is 5.97 Å². The SMILES string of the molecule is O=C(O)c1c(Oc2cccc(C3CC3)c2)cnn2nccc12. The first kappa shape index (κ1) is 12.8. The van der Waals surface area contributed by atoms with Crippen molar-refractivity contribution in [1.29, 1.82) is 0 Å². The maximum atomic E-state index is 11.6. The van der Waals surface area contributed by atoms with E-state index in [1.54, 1.807) is 6.07 Å². The number of hydrogen-bond donors (Lipinski definition) is 1. The van der Waals surface area contributed by atoms with Gasteiger partial charge in [0.25, 0.3) is 0 Å². The van der Waals surface area contributed by atoms with Crippen LogP contribution in [0.3, 0.4) is 0 Å². The second kappa shape index (κ2) is 4.84. The highest BCUT2D eigenvalue weighted by atomic mass is 16.5. The van der Waals surface area contributed by atoms with Crippen molar-refractivity contribution in [3.05, 3.63) is 53.9 Å². The number of carboxylic acid groups (broad SMARTS) is 1. The molecule has 1 aliphatic carbocycles.